The zero-order chi connectivity index (χ0) is 14.4. The molecule has 0 bridgehead atoms. The van der Waals surface area contributed by atoms with Gasteiger partial charge in [0.15, 0.2) is 5.96 Å². The summed E-state index contributed by atoms with van der Waals surface area (Å²) in [6, 6.07) is 9.84. The topological polar surface area (TPSA) is 62.9 Å². The molecule has 20 heavy (non-hydrogen) atoms. The van der Waals surface area contributed by atoms with E-state index in [2.05, 4.69) is 29.1 Å². The lowest BCUT2D eigenvalue weighted by Crippen LogP contribution is -2.51. The van der Waals surface area contributed by atoms with Gasteiger partial charge >= 0.3 is 0 Å². The number of hydrogen-bond acceptors (Lipinski definition) is 3. The van der Waals surface area contributed by atoms with Crippen LogP contribution in [0.2, 0.25) is 0 Å². The van der Waals surface area contributed by atoms with Gasteiger partial charge in [-0.2, -0.15) is 0 Å². The molecule has 0 saturated carbocycles. The highest BCUT2D eigenvalue weighted by molar-refractivity contribution is 5.92. The first-order valence-corrected chi connectivity index (χ1v) is 7.03. The summed E-state index contributed by atoms with van der Waals surface area (Å²) in [5.41, 5.74) is 6.89. The highest BCUT2D eigenvalue weighted by Crippen LogP contribution is 2.16. The molecular weight excluding hydrogens is 252 g/mol. The van der Waals surface area contributed by atoms with E-state index < -0.39 is 0 Å². The maximum Gasteiger partial charge on any atom is 0.193 e. The molecule has 1 aliphatic heterocycles. The molecule has 1 heterocycles. The molecule has 1 aromatic rings. The van der Waals surface area contributed by atoms with Crippen LogP contribution in [0, 0.1) is 0 Å². The number of benzene rings is 1. The van der Waals surface area contributed by atoms with Gasteiger partial charge in [0.25, 0.3) is 0 Å². The summed E-state index contributed by atoms with van der Waals surface area (Å²) in [5.74, 6) is 0.456. The lowest BCUT2D eigenvalue weighted by Gasteiger charge is -2.39. The minimum atomic E-state index is -0.00717. The van der Waals surface area contributed by atoms with E-state index in [-0.39, 0.29) is 5.54 Å². The molecule has 110 valence electrons. The number of para-hydroxylation sites is 1. The molecule has 0 aliphatic carbocycles. The molecule has 1 aliphatic rings. The van der Waals surface area contributed by atoms with Crippen molar-refractivity contribution in [2.45, 2.75) is 19.4 Å². The number of nitrogens with one attached hydrogen (secondary N) is 1. The normalized spacial score (nSPS) is 18.0. The molecule has 0 atom stereocenters. The number of ether oxygens (including phenoxy) is 1. The van der Waals surface area contributed by atoms with Gasteiger partial charge in [-0.25, -0.2) is 0 Å². The SMILES string of the molecule is CC(C)(CN=C(N)Nc1ccccc1)N1CCOCC1. The number of anilines is 1. The van der Waals surface area contributed by atoms with Gasteiger partial charge in [-0.3, -0.25) is 9.89 Å². The van der Waals surface area contributed by atoms with Crippen LogP contribution in [-0.2, 0) is 4.74 Å². The van der Waals surface area contributed by atoms with Gasteiger partial charge in [0.05, 0.1) is 19.8 Å². The minimum Gasteiger partial charge on any atom is -0.379 e. The van der Waals surface area contributed by atoms with Crippen LogP contribution < -0.4 is 11.1 Å². The average Bonchev–Trinajstić information content (AvgIpc) is 2.47. The fraction of sp³-hybridized carbons (Fsp3) is 0.533. The highest BCUT2D eigenvalue weighted by atomic mass is 16.5. The monoisotopic (exact) mass is 276 g/mol. The van der Waals surface area contributed by atoms with E-state index in [1.807, 2.05) is 30.3 Å². The van der Waals surface area contributed by atoms with E-state index in [9.17, 15) is 0 Å². The Labute approximate surface area is 120 Å². The Morgan fingerprint density at radius 3 is 2.60 bits per heavy atom. The van der Waals surface area contributed by atoms with Crippen LogP contribution in [0.15, 0.2) is 35.3 Å². The van der Waals surface area contributed by atoms with E-state index in [0.29, 0.717) is 12.5 Å². The van der Waals surface area contributed by atoms with Gasteiger partial charge < -0.3 is 15.8 Å². The quantitative estimate of drug-likeness (QED) is 0.646. The Bertz CT molecular complexity index is 438. The van der Waals surface area contributed by atoms with Crippen molar-refractivity contribution < 1.29 is 4.74 Å². The van der Waals surface area contributed by atoms with Crippen molar-refractivity contribution in [2.75, 3.05) is 38.2 Å². The maximum atomic E-state index is 5.94. The van der Waals surface area contributed by atoms with Crippen LogP contribution in [0.3, 0.4) is 0 Å². The van der Waals surface area contributed by atoms with Crippen LogP contribution in [0.25, 0.3) is 0 Å². The van der Waals surface area contributed by atoms with Gasteiger partial charge in [0, 0.05) is 24.3 Å². The van der Waals surface area contributed by atoms with E-state index >= 15 is 0 Å². The molecule has 0 radical (unpaired) electrons. The van der Waals surface area contributed by atoms with Crippen molar-refractivity contribution in [2.24, 2.45) is 10.7 Å². The first kappa shape index (κ1) is 14.8. The number of nitrogens with two attached hydrogens (primary N) is 1. The van der Waals surface area contributed by atoms with Crippen molar-refractivity contribution in [1.29, 1.82) is 0 Å². The standard InChI is InChI=1S/C15H24N4O/c1-15(2,19-8-10-20-11-9-19)12-17-14(16)18-13-6-4-3-5-7-13/h3-7H,8-12H2,1-2H3,(H3,16,17,18). The van der Waals surface area contributed by atoms with Gasteiger partial charge in [-0.15, -0.1) is 0 Å². The maximum absolute atomic E-state index is 5.94. The Morgan fingerprint density at radius 2 is 1.95 bits per heavy atom. The summed E-state index contributed by atoms with van der Waals surface area (Å²) in [7, 11) is 0. The van der Waals surface area contributed by atoms with Crippen LogP contribution in [-0.4, -0.2) is 49.2 Å². The summed E-state index contributed by atoms with van der Waals surface area (Å²) < 4.78 is 5.38. The second-order valence-corrected chi connectivity index (χ2v) is 5.60. The largest absolute Gasteiger partial charge is 0.379 e. The lowest BCUT2D eigenvalue weighted by atomic mass is 10.0. The van der Waals surface area contributed by atoms with Gasteiger partial charge in [-0.05, 0) is 26.0 Å². The summed E-state index contributed by atoms with van der Waals surface area (Å²) >= 11 is 0. The van der Waals surface area contributed by atoms with Gasteiger partial charge in [0.1, 0.15) is 0 Å². The van der Waals surface area contributed by atoms with Crippen molar-refractivity contribution in [3.63, 3.8) is 0 Å². The second-order valence-electron chi connectivity index (χ2n) is 5.60. The highest BCUT2D eigenvalue weighted by Gasteiger charge is 2.27. The van der Waals surface area contributed by atoms with E-state index in [1.165, 1.54) is 0 Å². The molecule has 1 fully saturated rings. The van der Waals surface area contributed by atoms with Crippen molar-refractivity contribution in [3.05, 3.63) is 30.3 Å². The molecule has 5 heteroatoms. The third-order valence-corrected chi connectivity index (χ3v) is 3.55. The minimum absolute atomic E-state index is 0.00717. The van der Waals surface area contributed by atoms with Crippen molar-refractivity contribution >= 4 is 11.6 Å². The molecule has 0 aromatic heterocycles. The fourth-order valence-electron chi connectivity index (χ4n) is 2.26. The van der Waals surface area contributed by atoms with Crippen LogP contribution in [0.4, 0.5) is 5.69 Å². The number of aliphatic imine (C=N–C) groups is 1. The van der Waals surface area contributed by atoms with E-state index in [4.69, 9.17) is 10.5 Å². The number of guanidine groups is 1. The number of hydrogen-bond donors (Lipinski definition) is 2. The molecule has 2 rings (SSSR count). The van der Waals surface area contributed by atoms with E-state index in [0.717, 1.165) is 32.0 Å². The molecule has 0 unspecified atom stereocenters. The van der Waals surface area contributed by atoms with Crippen LogP contribution in [0.1, 0.15) is 13.8 Å². The zero-order valence-electron chi connectivity index (χ0n) is 12.3. The Hall–Kier alpha value is -1.59. The second kappa shape index (κ2) is 6.72. The first-order valence-electron chi connectivity index (χ1n) is 7.03. The van der Waals surface area contributed by atoms with Crippen LogP contribution >= 0.6 is 0 Å². The third kappa shape index (κ3) is 4.21. The molecule has 1 saturated heterocycles. The van der Waals surface area contributed by atoms with Crippen molar-refractivity contribution in [3.8, 4) is 0 Å². The first-order chi connectivity index (χ1) is 9.58. The smallest absolute Gasteiger partial charge is 0.193 e. The van der Waals surface area contributed by atoms with Crippen molar-refractivity contribution in [1.82, 2.24) is 4.90 Å². The molecule has 1 aromatic carbocycles. The molecule has 3 N–H and O–H groups in total. The molecule has 5 nitrogen and oxygen atoms in total. The Kier molecular flexibility index (Phi) is 4.98. The predicted molar refractivity (Wildman–Crippen MR) is 83.0 cm³/mol. The summed E-state index contributed by atoms with van der Waals surface area (Å²) in [6.07, 6.45) is 0. The number of morpholine rings is 1. The number of nitrogens with zero attached hydrogens (tertiary/aromatic N) is 2. The van der Waals surface area contributed by atoms with E-state index in [1.54, 1.807) is 0 Å². The lowest BCUT2D eigenvalue weighted by molar-refractivity contribution is -0.00680. The molecule has 0 amide bonds. The zero-order valence-corrected chi connectivity index (χ0v) is 12.3. The molecule has 0 spiro atoms. The average molecular weight is 276 g/mol. The number of rotatable bonds is 4. The summed E-state index contributed by atoms with van der Waals surface area (Å²) in [5, 5.41) is 3.10. The van der Waals surface area contributed by atoms with Crippen LogP contribution in [0.5, 0.6) is 0 Å². The van der Waals surface area contributed by atoms with Gasteiger partial charge in [-0.1, -0.05) is 18.2 Å². The Balaban J connectivity index is 1.90. The fourth-order valence-corrected chi connectivity index (χ4v) is 2.26. The Morgan fingerprint density at radius 1 is 1.30 bits per heavy atom. The van der Waals surface area contributed by atoms with Gasteiger partial charge in [0.2, 0.25) is 0 Å². The summed E-state index contributed by atoms with van der Waals surface area (Å²) in [6.45, 7) is 8.55. The summed E-state index contributed by atoms with van der Waals surface area (Å²) in [4.78, 5) is 6.87. The third-order valence-electron chi connectivity index (χ3n) is 3.55. The molecular formula is C15H24N4O. The predicted octanol–water partition coefficient (Wildman–Crippen LogP) is 1.52.